The summed E-state index contributed by atoms with van der Waals surface area (Å²) in [7, 11) is 0. The van der Waals surface area contributed by atoms with E-state index in [9.17, 15) is 4.39 Å². The third kappa shape index (κ3) is 2.54. The van der Waals surface area contributed by atoms with E-state index in [1.165, 1.54) is 12.3 Å². The summed E-state index contributed by atoms with van der Waals surface area (Å²) in [6, 6.07) is 10.5. The second-order valence-electron chi connectivity index (χ2n) is 5.12. The van der Waals surface area contributed by atoms with Gasteiger partial charge in [0.05, 0.1) is 6.10 Å². The van der Waals surface area contributed by atoms with E-state index >= 15 is 0 Å². The highest BCUT2D eigenvalue weighted by Crippen LogP contribution is 2.29. The van der Waals surface area contributed by atoms with Crippen LogP contribution in [0.3, 0.4) is 0 Å². The van der Waals surface area contributed by atoms with Crippen LogP contribution >= 0.6 is 0 Å². The third-order valence-electron chi connectivity index (χ3n) is 3.10. The molecule has 0 amide bonds. The molecule has 0 saturated heterocycles. The Hall–Kier alpha value is -2.56. The summed E-state index contributed by atoms with van der Waals surface area (Å²) in [5.74, 6) is 0.811. The molecule has 3 rings (SSSR count). The number of fused-ring (bicyclic) bond motifs is 1. The predicted molar refractivity (Wildman–Crippen MR) is 80.8 cm³/mol. The number of nitrogens with two attached hydrogens (primary N) is 1. The van der Waals surface area contributed by atoms with Gasteiger partial charge in [-0.2, -0.15) is 0 Å². The van der Waals surface area contributed by atoms with Gasteiger partial charge in [0.2, 0.25) is 0 Å². The molecule has 0 bridgehead atoms. The van der Waals surface area contributed by atoms with Crippen LogP contribution in [0.2, 0.25) is 0 Å². The van der Waals surface area contributed by atoms with Gasteiger partial charge in [-0.05, 0) is 38.1 Å². The van der Waals surface area contributed by atoms with Crippen LogP contribution in [-0.2, 0) is 0 Å². The second-order valence-corrected chi connectivity index (χ2v) is 5.12. The number of hydrogen-bond donors (Lipinski definition) is 1. The molecule has 5 heteroatoms. The van der Waals surface area contributed by atoms with Gasteiger partial charge in [-0.3, -0.25) is 4.40 Å². The van der Waals surface area contributed by atoms with Crippen molar-refractivity contribution < 1.29 is 9.13 Å². The van der Waals surface area contributed by atoms with Crippen molar-refractivity contribution in [3.05, 3.63) is 48.4 Å². The predicted octanol–water partition coefficient (Wildman–Crippen LogP) is 3.51. The minimum absolute atomic E-state index is 0.0905. The van der Waals surface area contributed by atoms with Gasteiger partial charge in [0.15, 0.2) is 0 Å². The number of aromatic nitrogens is 2. The monoisotopic (exact) mass is 285 g/mol. The van der Waals surface area contributed by atoms with Crippen molar-refractivity contribution in [1.29, 1.82) is 0 Å². The quantitative estimate of drug-likeness (QED) is 0.801. The van der Waals surface area contributed by atoms with Gasteiger partial charge >= 0.3 is 0 Å². The zero-order valence-electron chi connectivity index (χ0n) is 11.9. The number of nitrogen functional groups attached to an aromatic ring is 1. The Bertz CT molecular complexity index is 795. The van der Waals surface area contributed by atoms with Gasteiger partial charge in [0.1, 0.15) is 28.7 Å². The lowest BCUT2D eigenvalue weighted by Crippen LogP contribution is -2.05. The summed E-state index contributed by atoms with van der Waals surface area (Å²) in [6.45, 7) is 3.93. The van der Waals surface area contributed by atoms with Crippen LogP contribution in [0.1, 0.15) is 13.8 Å². The summed E-state index contributed by atoms with van der Waals surface area (Å²) in [4.78, 5) is 4.46. The summed E-state index contributed by atoms with van der Waals surface area (Å²) in [6.07, 6.45) is 1.42. The maximum absolute atomic E-state index is 13.3. The largest absolute Gasteiger partial charge is 0.491 e. The van der Waals surface area contributed by atoms with E-state index in [0.717, 1.165) is 11.3 Å². The number of rotatable bonds is 3. The highest BCUT2D eigenvalue weighted by atomic mass is 19.1. The van der Waals surface area contributed by atoms with Crippen LogP contribution in [0.4, 0.5) is 10.2 Å². The average Bonchev–Trinajstić information content (AvgIpc) is 2.76. The average molecular weight is 285 g/mol. The zero-order valence-corrected chi connectivity index (χ0v) is 11.9. The highest BCUT2D eigenvalue weighted by molar-refractivity contribution is 5.75. The van der Waals surface area contributed by atoms with Gasteiger partial charge in [-0.15, -0.1) is 0 Å². The fourth-order valence-electron chi connectivity index (χ4n) is 2.24. The summed E-state index contributed by atoms with van der Waals surface area (Å²) >= 11 is 0. The molecule has 108 valence electrons. The molecule has 3 aromatic rings. The Morgan fingerprint density at radius 3 is 2.81 bits per heavy atom. The second kappa shape index (κ2) is 5.09. The van der Waals surface area contributed by atoms with Crippen molar-refractivity contribution in [2.75, 3.05) is 5.73 Å². The Labute approximate surface area is 122 Å². The molecule has 0 spiro atoms. The van der Waals surface area contributed by atoms with Crippen LogP contribution in [0.5, 0.6) is 5.75 Å². The van der Waals surface area contributed by atoms with E-state index in [-0.39, 0.29) is 11.9 Å². The molecule has 0 unspecified atom stereocenters. The molecule has 0 aliphatic carbocycles. The number of pyridine rings is 1. The van der Waals surface area contributed by atoms with Crippen LogP contribution in [0.25, 0.3) is 16.9 Å². The lowest BCUT2D eigenvalue weighted by molar-refractivity contribution is 0.242. The number of hydrogen-bond acceptors (Lipinski definition) is 3. The minimum Gasteiger partial charge on any atom is -0.491 e. The summed E-state index contributed by atoms with van der Waals surface area (Å²) in [5.41, 5.74) is 8.16. The Kier molecular flexibility index (Phi) is 3.25. The first-order valence-corrected chi connectivity index (χ1v) is 6.75. The van der Waals surface area contributed by atoms with Crippen molar-refractivity contribution in [2.24, 2.45) is 0 Å². The molecule has 0 aliphatic heterocycles. The molecule has 0 fully saturated rings. The van der Waals surface area contributed by atoms with Gasteiger partial charge in [0.25, 0.3) is 0 Å². The van der Waals surface area contributed by atoms with Crippen molar-refractivity contribution in [2.45, 2.75) is 20.0 Å². The van der Waals surface area contributed by atoms with Gasteiger partial charge in [-0.1, -0.05) is 12.1 Å². The number of ether oxygens (including phenoxy) is 1. The molecule has 4 nitrogen and oxygen atoms in total. The van der Waals surface area contributed by atoms with E-state index < -0.39 is 0 Å². The highest BCUT2D eigenvalue weighted by Gasteiger charge is 2.12. The maximum Gasteiger partial charge on any atom is 0.140 e. The molecular weight excluding hydrogens is 269 g/mol. The SMILES string of the molecule is CC(C)Oc1cccc(-c2nc3ccc(F)cn3c2N)c1. The van der Waals surface area contributed by atoms with Gasteiger partial charge in [0, 0.05) is 11.8 Å². The van der Waals surface area contributed by atoms with Gasteiger partial charge in [-0.25, -0.2) is 9.37 Å². The fourth-order valence-corrected chi connectivity index (χ4v) is 2.24. The van der Waals surface area contributed by atoms with Crippen molar-refractivity contribution in [3.8, 4) is 17.0 Å². The molecular formula is C16H16FN3O. The van der Waals surface area contributed by atoms with Gasteiger partial charge < -0.3 is 10.5 Å². The molecule has 2 aromatic heterocycles. The lowest BCUT2D eigenvalue weighted by atomic mass is 10.1. The van der Waals surface area contributed by atoms with Crippen molar-refractivity contribution >= 4 is 11.5 Å². The summed E-state index contributed by atoms with van der Waals surface area (Å²) < 4.78 is 20.5. The number of nitrogens with zero attached hydrogens (tertiary/aromatic N) is 2. The Morgan fingerprint density at radius 1 is 1.24 bits per heavy atom. The normalized spacial score (nSPS) is 11.2. The molecule has 0 atom stereocenters. The van der Waals surface area contributed by atoms with E-state index in [1.54, 1.807) is 10.5 Å². The van der Waals surface area contributed by atoms with Crippen molar-refractivity contribution in [3.63, 3.8) is 0 Å². The first-order chi connectivity index (χ1) is 10.0. The van der Waals surface area contributed by atoms with E-state index in [1.807, 2.05) is 38.1 Å². The number of halogens is 1. The van der Waals surface area contributed by atoms with Crippen LogP contribution in [0, 0.1) is 5.82 Å². The molecule has 1 aromatic carbocycles. The minimum atomic E-state index is -0.352. The van der Waals surface area contributed by atoms with Crippen molar-refractivity contribution in [1.82, 2.24) is 9.38 Å². The first kappa shape index (κ1) is 13.4. The molecule has 0 radical (unpaired) electrons. The number of imidazole rings is 1. The zero-order chi connectivity index (χ0) is 15.0. The smallest absolute Gasteiger partial charge is 0.140 e. The first-order valence-electron chi connectivity index (χ1n) is 6.75. The molecule has 2 N–H and O–H groups in total. The lowest BCUT2D eigenvalue weighted by Gasteiger charge is -2.10. The Balaban J connectivity index is 2.10. The summed E-state index contributed by atoms with van der Waals surface area (Å²) in [5, 5.41) is 0. The molecule has 21 heavy (non-hydrogen) atoms. The molecule has 0 aliphatic rings. The maximum atomic E-state index is 13.3. The van der Waals surface area contributed by atoms with E-state index in [4.69, 9.17) is 10.5 Å². The van der Waals surface area contributed by atoms with E-state index in [2.05, 4.69) is 4.98 Å². The topological polar surface area (TPSA) is 52.5 Å². The molecule has 2 heterocycles. The number of anilines is 1. The number of benzene rings is 1. The third-order valence-corrected chi connectivity index (χ3v) is 3.10. The Morgan fingerprint density at radius 2 is 2.05 bits per heavy atom. The van der Waals surface area contributed by atoms with E-state index in [0.29, 0.717) is 17.2 Å². The van der Waals surface area contributed by atoms with Crippen LogP contribution in [0.15, 0.2) is 42.6 Å². The molecule has 0 saturated carbocycles. The standard InChI is InChI=1S/C16H16FN3O/c1-10(2)21-13-5-3-4-11(8-13)15-16(18)20-9-12(17)6-7-14(20)19-15/h3-10H,18H2,1-2H3. The fraction of sp³-hybridized carbons (Fsp3) is 0.188. The van der Waals surface area contributed by atoms with Crippen LogP contribution < -0.4 is 10.5 Å². The van der Waals surface area contributed by atoms with Crippen LogP contribution in [-0.4, -0.2) is 15.5 Å².